The number of aromatic nitrogens is 2. The Morgan fingerprint density at radius 1 is 1.00 bits per heavy atom. The number of methoxy groups -OCH3 is 2. The molecule has 0 unspecified atom stereocenters. The molecule has 264 valence electrons. The highest BCUT2D eigenvalue weighted by Gasteiger charge is 2.62. The van der Waals surface area contributed by atoms with Crippen LogP contribution < -0.4 is 19.5 Å². The van der Waals surface area contributed by atoms with E-state index in [1.807, 2.05) is 60.7 Å². The number of carbonyl (C=O) groups is 3. The van der Waals surface area contributed by atoms with E-state index in [1.165, 1.54) is 7.11 Å². The molecule has 4 atom stereocenters. The Labute approximate surface area is 292 Å². The summed E-state index contributed by atoms with van der Waals surface area (Å²) in [6.45, 7) is 2.96. The number of nitrogens with one attached hydrogen (secondary N) is 1. The van der Waals surface area contributed by atoms with Crippen molar-refractivity contribution in [2.24, 2.45) is 5.92 Å². The van der Waals surface area contributed by atoms with Gasteiger partial charge in [0.25, 0.3) is 0 Å². The molecular formula is C38H45N5O7. The Morgan fingerprint density at radius 2 is 1.80 bits per heavy atom. The normalized spacial score (nSPS) is 24.5. The summed E-state index contributed by atoms with van der Waals surface area (Å²) in [5, 5.41) is 3.03. The Balaban J connectivity index is 1.31. The molecule has 3 aromatic rings. The summed E-state index contributed by atoms with van der Waals surface area (Å²) in [5.74, 6) is -0.0600. The molecule has 0 spiro atoms. The van der Waals surface area contributed by atoms with Crippen molar-refractivity contribution >= 4 is 17.9 Å². The molecule has 2 fully saturated rings. The number of ether oxygens (including phenoxy) is 4. The number of carbonyl (C=O) groups excluding carboxylic acids is 3. The van der Waals surface area contributed by atoms with Gasteiger partial charge in [-0.2, -0.15) is 9.97 Å². The molecule has 1 N–H and O–H groups in total. The van der Waals surface area contributed by atoms with Gasteiger partial charge in [-0.1, -0.05) is 61.0 Å². The van der Waals surface area contributed by atoms with E-state index in [-0.39, 0.29) is 43.4 Å². The molecule has 3 amide bonds. The number of amides is 3. The van der Waals surface area contributed by atoms with Crippen LogP contribution in [0.4, 0.5) is 4.79 Å². The zero-order valence-electron chi connectivity index (χ0n) is 28.9. The van der Waals surface area contributed by atoms with Crippen molar-refractivity contribution in [2.75, 3.05) is 33.9 Å². The average Bonchev–Trinajstić information content (AvgIpc) is 3.67. The first-order valence-electron chi connectivity index (χ1n) is 17.3. The van der Waals surface area contributed by atoms with Gasteiger partial charge < -0.3 is 34.1 Å². The van der Waals surface area contributed by atoms with Crippen LogP contribution in [0, 0.1) is 5.92 Å². The lowest BCUT2D eigenvalue weighted by Crippen LogP contribution is -2.55. The van der Waals surface area contributed by atoms with Gasteiger partial charge in [-0.05, 0) is 50.3 Å². The molecular weight excluding hydrogens is 638 g/mol. The van der Waals surface area contributed by atoms with Crippen molar-refractivity contribution in [1.82, 2.24) is 25.1 Å². The number of fused-ring (bicyclic) bond motifs is 2. The van der Waals surface area contributed by atoms with E-state index in [0.29, 0.717) is 25.2 Å². The van der Waals surface area contributed by atoms with Gasteiger partial charge in [0.1, 0.15) is 23.4 Å². The molecule has 6 rings (SSSR count). The van der Waals surface area contributed by atoms with Gasteiger partial charge >= 0.3 is 18.0 Å². The number of rotatable bonds is 9. The Bertz CT molecular complexity index is 1680. The lowest BCUT2D eigenvalue weighted by Gasteiger charge is -2.32. The summed E-state index contributed by atoms with van der Waals surface area (Å²) in [6.07, 6.45) is 7.70. The van der Waals surface area contributed by atoms with Gasteiger partial charge in [0.05, 0.1) is 33.1 Å². The van der Waals surface area contributed by atoms with E-state index in [9.17, 15) is 14.4 Å². The van der Waals surface area contributed by atoms with Gasteiger partial charge in [0.2, 0.25) is 11.8 Å². The summed E-state index contributed by atoms with van der Waals surface area (Å²) in [7, 11) is 3.10. The van der Waals surface area contributed by atoms with E-state index in [4.69, 9.17) is 18.9 Å². The maximum atomic E-state index is 14.5. The van der Waals surface area contributed by atoms with Crippen LogP contribution in [0.3, 0.4) is 0 Å². The SMILES string of the molecule is CCOC(=O)[C@@]12C[C@@H]1/C=C\CCCCCN(Cc1ccc(OC)cc1)C(=O)N1C[C@H](Oc3cc(-c4ccccc4)nc(OC)n3)C[C@H]1C(=O)N2. The van der Waals surface area contributed by atoms with Crippen molar-refractivity contribution in [3.8, 4) is 28.9 Å². The van der Waals surface area contributed by atoms with Crippen molar-refractivity contribution in [3.05, 3.63) is 78.4 Å². The Kier molecular flexibility index (Phi) is 10.8. The second kappa shape index (κ2) is 15.6. The van der Waals surface area contributed by atoms with Crippen LogP contribution in [0.1, 0.15) is 51.0 Å². The van der Waals surface area contributed by atoms with Gasteiger partial charge in [0.15, 0.2) is 0 Å². The van der Waals surface area contributed by atoms with E-state index in [0.717, 1.165) is 42.6 Å². The molecule has 12 nitrogen and oxygen atoms in total. The monoisotopic (exact) mass is 683 g/mol. The van der Waals surface area contributed by atoms with Crippen LogP contribution >= 0.6 is 0 Å². The molecule has 2 aromatic carbocycles. The van der Waals surface area contributed by atoms with Crippen molar-refractivity contribution < 1.29 is 33.3 Å². The smallest absolute Gasteiger partial charge is 0.332 e. The third kappa shape index (κ3) is 7.85. The standard InChI is InChI=1S/C38H45N5O7/c1-4-49-35(45)38-23-28(38)15-11-6-5-7-12-20-42(24-26-16-18-29(47-2)19-17-26)37(46)43-25-30(21-32(43)34(44)41-38)50-33-22-31(39-36(40-33)48-3)27-13-9-8-10-14-27/h8-11,13-19,22,28,30,32H,4-7,12,20-21,23-25H2,1-3H3,(H,41,44)/b15-11-/t28-,30+,32-,38+/m0/s1. The van der Waals surface area contributed by atoms with Crippen LogP contribution in [-0.4, -0.2) is 89.3 Å². The predicted molar refractivity (Wildman–Crippen MR) is 186 cm³/mol. The highest BCUT2D eigenvalue weighted by Crippen LogP contribution is 2.46. The molecule has 2 aliphatic heterocycles. The van der Waals surface area contributed by atoms with Crippen LogP contribution in [-0.2, 0) is 20.9 Å². The number of hydrogen-bond acceptors (Lipinski definition) is 9. The fourth-order valence-corrected chi connectivity index (χ4v) is 6.72. The molecule has 12 heteroatoms. The molecule has 3 heterocycles. The van der Waals surface area contributed by atoms with E-state index < -0.39 is 29.6 Å². The Morgan fingerprint density at radius 3 is 2.54 bits per heavy atom. The Hall–Kier alpha value is -5.13. The predicted octanol–water partition coefficient (Wildman–Crippen LogP) is 5.17. The molecule has 1 aromatic heterocycles. The van der Waals surface area contributed by atoms with Gasteiger partial charge in [-0.25, -0.2) is 9.59 Å². The van der Waals surface area contributed by atoms with Crippen molar-refractivity contribution in [2.45, 2.75) is 69.7 Å². The lowest BCUT2D eigenvalue weighted by atomic mass is 10.1. The lowest BCUT2D eigenvalue weighted by molar-refractivity contribution is -0.149. The second-order valence-electron chi connectivity index (χ2n) is 12.9. The van der Waals surface area contributed by atoms with Crippen LogP contribution in [0.15, 0.2) is 72.8 Å². The molecule has 50 heavy (non-hydrogen) atoms. The van der Waals surface area contributed by atoms with Crippen molar-refractivity contribution in [3.63, 3.8) is 0 Å². The molecule has 1 saturated carbocycles. The van der Waals surface area contributed by atoms with E-state index in [2.05, 4.69) is 21.4 Å². The maximum Gasteiger partial charge on any atom is 0.332 e. The summed E-state index contributed by atoms with van der Waals surface area (Å²) >= 11 is 0. The molecule has 0 bridgehead atoms. The minimum atomic E-state index is -1.16. The summed E-state index contributed by atoms with van der Waals surface area (Å²) in [4.78, 5) is 54.3. The molecule has 1 aliphatic carbocycles. The van der Waals surface area contributed by atoms with Crippen LogP contribution in [0.2, 0.25) is 0 Å². The summed E-state index contributed by atoms with van der Waals surface area (Å²) in [6, 6.07) is 17.9. The van der Waals surface area contributed by atoms with Gasteiger partial charge in [0, 0.05) is 37.1 Å². The van der Waals surface area contributed by atoms with Gasteiger partial charge in [-0.3, -0.25) is 4.79 Å². The third-order valence-electron chi connectivity index (χ3n) is 9.50. The number of urea groups is 1. The topological polar surface area (TPSA) is 132 Å². The largest absolute Gasteiger partial charge is 0.497 e. The molecule has 0 radical (unpaired) electrons. The second-order valence-corrected chi connectivity index (χ2v) is 12.9. The van der Waals surface area contributed by atoms with Gasteiger partial charge in [-0.15, -0.1) is 0 Å². The minimum absolute atomic E-state index is 0.137. The highest BCUT2D eigenvalue weighted by molar-refractivity contribution is 5.95. The highest BCUT2D eigenvalue weighted by atomic mass is 16.5. The van der Waals surface area contributed by atoms with Crippen LogP contribution in [0.25, 0.3) is 11.3 Å². The number of hydrogen-bond donors (Lipinski definition) is 1. The summed E-state index contributed by atoms with van der Waals surface area (Å²) < 4.78 is 22.6. The third-order valence-corrected chi connectivity index (χ3v) is 9.50. The van der Waals surface area contributed by atoms with E-state index in [1.54, 1.807) is 29.9 Å². The maximum absolute atomic E-state index is 14.5. The fourth-order valence-electron chi connectivity index (χ4n) is 6.72. The number of benzene rings is 2. The zero-order valence-corrected chi connectivity index (χ0v) is 28.9. The number of esters is 1. The first-order valence-corrected chi connectivity index (χ1v) is 17.3. The average molecular weight is 684 g/mol. The quantitative estimate of drug-likeness (QED) is 0.240. The van der Waals surface area contributed by atoms with Crippen LogP contribution in [0.5, 0.6) is 17.6 Å². The minimum Gasteiger partial charge on any atom is -0.497 e. The zero-order chi connectivity index (χ0) is 35.1. The fraction of sp³-hybridized carbons (Fsp3) is 0.447. The molecule has 3 aliphatic rings. The first-order chi connectivity index (χ1) is 24.3. The summed E-state index contributed by atoms with van der Waals surface area (Å²) in [5.41, 5.74) is 1.25. The first kappa shape index (κ1) is 34.7. The van der Waals surface area contributed by atoms with E-state index >= 15 is 0 Å². The number of allylic oxidation sites excluding steroid dienone is 1. The molecule has 1 saturated heterocycles. The van der Waals surface area contributed by atoms with Crippen molar-refractivity contribution in [1.29, 1.82) is 0 Å². The number of nitrogens with zero attached hydrogens (tertiary/aromatic N) is 4.